The predicted molar refractivity (Wildman–Crippen MR) is 402 cm³/mol. The minimum atomic E-state index is -1.82. The van der Waals surface area contributed by atoms with Gasteiger partial charge in [0.1, 0.15) is 71.9 Å². The van der Waals surface area contributed by atoms with E-state index < -0.39 is 184 Å². The van der Waals surface area contributed by atoms with E-state index in [0.29, 0.717) is 48.3 Å². The Kier molecular flexibility index (Phi) is 27.3. The lowest BCUT2D eigenvalue weighted by atomic mass is 9.94. The molecule has 12 rings (SSSR count). The molecule has 4 atom stereocenters. The Labute approximate surface area is 667 Å². The molecule has 4 fully saturated rings. The molecule has 4 aliphatic carbocycles. The van der Waals surface area contributed by atoms with Crippen molar-refractivity contribution in [2.24, 2.45) is 0 Å². The van der Waals surface area contributed by atoms with Crippen LogP contribution in [0, 0.1) is 23.3 Å². The smallest absolute Gasteiger partial charge is 0.418 e. The largest absolute Gasteiger partial charge is 0.459 e. The summed E-state index contributed by atoms with van der Waals surface area (Å²) in [7, 11) is 4.26. The van der Waals surface area contributed by atoms with Gasteiger partial charge in [-0.25, -0.2) is 70.7 Å². The van der Waals surface area contributed by atoms with E-state index in [-0.39, 0.29) is 110 Å². The van der Waals surface area contributed by atoms with Gasteiger partial charge in [0.15, 0.2) is 0 Å². The van der Waals surface area contributed by atoms with Crippen LogP contribution >= 0.6 is 12.1 Å². The number of halogens is 5. The van der Waals surface area contributed by atoms with Gasteiger partial charge in [0, 0.05) is 110 Å². The van der Waals surface area contributed by atoms with Crippen molar-refractivity contribution in [1.29, 1.82) is 0 Å². The summed E-state index contributed by atoms with van der Waals surface area (Å²) in [6.07, 6.45) is -1.34. The third-order valence-corrected chi connectivity index (χ3v) is 17.9. The van der Waals surface area contributed by atoms with Crippen molar-refractivity contribution in [3.8, 4) is 0 Å². The van der Waals surface area contributed by atoms with Crippen molar-refractivity contribution in [1.82, 2.24) is 35.6 Å². The first-order chi connectivity index (χ1) is 53.3. The second-order valence-electron chi connectivity index (χ2n) is 31.0. The standard InChI is InChI=1S/3C19H22FN3O6.C17H19FN2O5.CH3FS.CH4/c3*1-18(2,3)28-13(24)9-23-15(25)19(29-17(23)27)6-5-10-7-11(22-16(26)21-4)8-12(20)14(10)19;1-16(2,3)24-12(21)8-20-14(22)17(25-15(20)23)5-4-9-6-10(19)7-11(18)13(9)17;1-3-2;/h3*7-8H,5-6,9H2,1-4H3,(H2,21,22,26);6-7H,4-5,8,19H2,1-3H3;1H3;1H4/t2*19-;;;;/m00..../s1. The highest BCUT2D eigenvalue weighted by atomic mass is 32.2. The minimum Gasteiger partial charge on any atom is -0.459 e. The molecule has 0 bridgehead atoms. The molecule has 0 saturated carbocycles. The first-order valence-electron chi connectivity index (χ1n) is 35.6. The number of urea groups is 3. The molecule has 4 spiro atoms. The summed E-state index contributed by atoms with van der Waals surface area (Å²) in [5.41, 5.74) is -2.10. The Morgan fingerprint density at radius 1 is 0.397 bits per heavy atom. The molecule has 8 aliphatic rings. The van der Waals surface area contributed by atoms with Crippen molar-refractivity contribution in [3.63, 3.8) is 0 Å². The van der Waals surface area contributed by atoms with Crippen LogP contribution in [0.4, 0.5) is 77.8 Å². The van der Waals surface area contributed by atoms with Gasteiger partial charge in [-0.15, -0.1) is 0 Å². The fourth-order valence-corrected chi connectivity index (χ4v) is 13.8. The third-order valence-electron chi connectivity index (χ3n) is 17.9. The van der Waals surface area contributed by atoms with Crippen LogP contribution in [-0.4, -0.2) is 186 Å². The summed E-state index contributed by atoms with van der Waals surface area (Å²) in [6, 6.07) is 8.82. The van der Waals surface area contributed by atoms with E-state index in [1.807, 2.05) is 0 Å². The van der Waals surface area contributed by atoms with Crippen molar-refractivity contribution < 1.29 is 131 Å². The van der Waals surface area contributed by atoms with Crippen LogP contribution in [0.3, 0.4) is 0 Å². The van der Waals surface area contributed by atoms with E-state index in [9.17, 15) is 93.4 Å². The Morgan fingerprint density at radius 3 is 0.793 bits per heavy atom. The summed E-state index contributed by atoms with van der Waals surface area (Å²) >= 11 is 0.250. The third kappa shape index (κ3) is 19.7. The zero-order valence-electron chi connectivity index (χ0n) is 65.7. The average Bonchev–Trinajstić information content (AvgIpc) is 1.59. The maximum Gasteiger partial charge on any atom is 0.418 e. The van der Waals surface area contributed by atoms with Crippen LogP contribution in [0.25, 0.3) is 0 Å². The normalized spacial score (nSPS) is 20.4. The number of hydrogen-bond donors (Lipinski definition) is 7. The summed E-state index contributed by atoms with van der Waals surface area (Å²) in [5, 5.41) is 14.5. The molecule has 0 aromatic heterocycles. The number of benzene rings is 4. The number of nitrogens with zero attached hydrogens (tertiary/aromatic N) is 4. The molecule has 40 heteroatoms. The number of amides is 14. The molecule has 34 nitrogen and oxygen atoms in total. The van der Waals surface area contributed by atoms with E-state index in [1.54, 1.807) is 89.2 Å². The van der Waals surface area contributed by atoms with Crippen molar-refractivity contribution in [3.05, 3.63) is 116 Å². The van der Waals surface area contributed by atoms with Gasteiger partial charge in [-0.2, -0.15) is 3.89 Å². The molecule has 4 heterocycles. The van der Waals surface area contributed by atoms with Crippen LogP contribution in [0.15, 0.2) is 48.5 Å². The number of fused-ring (bicyclic) bond motifs is 8. The van der Waals surface area contributed by atoms with E-state index in [2.05, 4.69) is 31.9 Å². The molecule has 630 valence electrons. The molecular weight excluding hydrogens is 1560 g/mol. The minimum absolute atomic E-state index is 0. The predicted octanol–water partition coefficient (Wildman–Crippen LogP) is 9.86. The van der Waals surface area contributed by atoms with Gasteiger partial charge in [-0.1, -0.05) is 7.43 Å². The molecule has 2 unspecified atom stereocenters. The van der Waals surface area contributed by atoms with Crippen molar-refractivity contribution in [2.75, 3.05) is 75.3 Å². The van der Waals surface area contributed by atoms with Crippen LogP contribution in [0.1, 0.15) is 161 Å². The molecule has 4 aromatic rings. The van der Waals surface area contributed by atoms with E-state index in [0.717, 1.165) is 24.3 Å². The fraction of sp³-hybridized carbons (Fsp3) is 0.487. The van der Waals surface area contributed by atoms with Crippen LogP contribution in [-0.2, 0) is 124 Å². The Bertz CT molecular complexity index is 4350. The molecule has 8 N–H and O–H groups in total. The summed E-state index contributed by atoms with van der Waals surface area (Å²) in [4.78, 5) is 186. The molecule has 116 heavy (non-hydrogen) atoms. The molecule has 0 radical (unpaired) electrons. The maximum absolute atomic E-state index is 14.9. The molecule has 4 aromatic carbocycles. The van der Waals surface area contributed by atoms with Crippen molar-refractivity contribution >= 4 is 125 Å². The molecular formula is C76H92F5N11O23S. The first kappa shape index (κ1) is 91.3. The Hall–Kier alpha value is -11.9. The number of rotatable bonds is 11. The average molecular weight is 1650 g/mol. The van der Waals surface area contributed by atoms with E-state index in [1.165, 1.54) is 45.6 Å². The number of nitrogens with two attached hydrogens (primary N) is 1. The second kappa shape index (κ2) is 34.7. The number of ether oxygens (including phenoxy) is 8. The van der Waals surface area contributed by atoms with Crippen LogP contribution in [0.5, 0.6) is 0 Å². The Balaban J connectivity index is 0.000000211. The number of carbonyl (C=O) groups excluding carboxylic acids is 15. The SMILES string of the molecule is C.CC(C)(C)OC(=O)CN1C(=O)OC2(CCc3cc(N)cc(F)c32)C1=O.CNC(=O)Nc1cc(F)c2c(c1)CCC21OC(=O)N(CC(=O)OC(C)(C)C)C1=O.CNC(=O)Nc1cc(F)c2c(c1)CC[C@]21OC(=O)N(CC(=O)OC(C)(C)C)C1=O.CNC(=O)Nc1cc(F)c2c(c1)CC[C@]21OC(=O)N(CC(=O)OC(C)(C)C)C1=O.CSF. The number of esters is 4. The summed E-state index contributed by atoms with van der Waals surface area (Å²) in [5.74, 6) is -9.31. The summed E-state index contributed by atoms with van der Waals surface area (Å²) < 4.78 is 111. The number of aryl methyl sites for hydroxylation is 4. The van der Waals surface area contributed by atoms with Crippen LogP contribution in [0.2, 0.25) is 0 Å². The number of anilines is 4. The zero-order chi connectivity index (χ0) is 86.0. The van der Waals surface area contributed by atoms with E-state index in [4.69, 9.17) is 43.6 Å². The van der Waals surface area contributed by atoms with Gasteiger partial charge < -0.3 is 75.5 Å². The lowest BCUT2D eigenvalue weighted by Crippen LogP contribution is -2.41. The number of imide groups is 4. The van der Waals surface area contributed by atoms with E-state index >= 15 is 0 Å². The Morgan fingerprint density at radius 2 is 0.595 bits per heavy atom. The highest BCUT2D eigenvalue weighted by Gasteiger charge is 2.64. The van der Waals surface area contributed by atoms with Gasteiger partial charge in [-0.05, 0) is 180 Å². The molecule has 4 saturated heterocycles. The van der Waals surface area contributed by atoms with Crippen LogP contribution < -0.4 is 37.6 Å². The number of nitrogens with one attached hydrogen (secondary N) is 6. The number of carbonyl (C=O) groups is 15. The second-order valence-corrected chi connectivity index (χ2v) is 31.3. The maximum atomic E-state index is 14.9. The van der Waals surface area contributed by atoms with Gasteiger partial charge in [0.2, 0.25) is 22.4 Å². The number of nitrogen functional groups attached to an aromatic ring is 1. The lowest BCUT2D eigenvalue weighted by molar-refractivity contribution is -0.158. The highest BCUT2D eigenvalue weighted by Crippen LogP contribution is 2.52. The monoisotopic (exact) mass is 1650 g/mol. The fourth-order valence-electron chi connectivity index (χ4n) is 13.8. The number of hydrogen-bond acceptors (Lipinski definition) is 25. The quantitative estimate of drug-likeness (QED) is 0.0318. The van der Waals surface area contributed by atoms with Gasteiger partial charge in [0.05, 0.1) is 0 Å². The van der Waals surface area contributed by atoms with Gasteiger partial charge >= 0.3 is 66.3 Å². The van der Waals surface area contributed by atoms with Gasteiger partial charge in [-0.3, -0.25) is 38.4 Å². The summed E-state index contributed by atoms with van der Waals surface area (Å²) in [6.45, 7) is 17.5. The first-order valence-corrected chi connectivity index (χ1v) is 36.7. The highest BCUT2D eigenvalue weighted by molar-refractivity contribution is 7.93. The zero-order valence-corrected chi connectivity index (χ0v) is 66.5. The lowest BCUT2D eigenvalue weighted by Gasteiger charge is -2.22. The van der Waals surface area contributed by atoms with Crippen molar-refractivity contribution in [2.45, 2.75) is 187 Å². The van der Waals surface area contributed by atoms with Gasteiger partial charge in [0.25, 0.3) is 23.6 Å². The topological polar surface area (TPSA) is 441 Å². The molecule has 4 aliphatic heterocycles. The molecule has 14 amide bonds.